The van der Waals surface area contributed by atoms with Crippen molar-refractivity contribution >= 4 is 32.6 Å². The number of aromatic nitrogens is 1. The number of ether oxygens (including phenoxy) is 3. The van der Waals surface area contributed by atoms with Gasteiger partial charge in [-0.25, -0.2) is 4.98 Å². The summed E-state index contributed by atoms with van der Waals surface area (Å²) in [7, 11) is 0. The predicted octanol–water partition coefficient (Wildman–Crippen LogP) is 4.21. The van der Waals surface area contributed by atoms with E-state index in [0.29, 0.717) is 36.5 Å². The Balaban J connectivity index is 1.50. The number of hydrogen-bond donors (Lipinski definition) is 1. The van der Waals surface area contributed by atoms with Crippen LogP contribution in [-0.4, -0.2) is 30.7 Å². The van der Waals surface area contributed by atoms with Crippen LogP contribution in [0.15, 0.2) is 36.4 Å². The SMILES string of the molecule is CCOc1ccc2nc(NC(=O)C(C)c3ccc4c(c3)OCCO4)sc2c1. The number of carbonyl (C=O) groups excluding carboxylic acids is 1. The summed E-state index contributed by atoms with van der Waals surface area (Å²) >= 11 is 1.43. The van der Waals surface area contributed by atoms with Gasteiger partial charge in [0.2, 0.25) is 5.91 Å². The highest BCUT2D eigenvalue weighted by atomic mass is 32.1. The first-order chi connectivity index (χ1) is 13.1. The molecule has 0 radical (unpaired) electrons. The maximum Gasteiger partial charge on any atom is 0.233 e. The van der Waals surface area contributed by atoms with Crippen molar-refractivity contribution in [2.24, 2.45) is 0 Å². The number of hydrogen-bond acceptors (Lipinski definition) is 6. The van der Waals surface area contributed by atoms with Gasteiger partial charge in [0.1, 0.15) is 19.0 Å². The lowest BCUT2D eigenvalue weighted by molar-refractivity contribution is -0.117. The zero-order valence-corrected chi connectivity index (χ0v) is 16.0. The molecule has 27 heavy (non-hydrogen) atoms. The van der Waals surface area contributed by atoms with Gasteiger partial charge in [0, 0.05) is 0 Å². The Morgan fingerprint density at radius 2 is 2.04 bits per heavy atom. The summed E-state index contributed by atoms with van der Waals surface area (Å²) in [4.78, 5) is 17.2. The Morgan fingerprint density at radius 3 is 2.85 bits per heavy atom. The molecule has 6 nitrogen and oxygen atoms in total. The largest absolute Gasteiger partial charge is 0.494 e. The van der Waals surface area contributed by atoms with Crippen molar-refractivity contribution in [3.63, 3.8) is 0 Å². The first-order valence-corrected chi connectivity index (χ1v) is 9.69. The molecule has 2 heterocycles. The zero-order valence-electron chi connectivity index (χ0n) is 15.2. The number of nitrogens with one attached hydrogen (secondary N) is 1. The molecule has 140 valence electrons. The number of carbonyl (C=O) groups is 1. The monoisotopic (exact) mass is 384 g/mol. The van der Waals surface area contributed by atoms with Crippen LogP contribution in [0.3, 0.4) is 0 Å². The summed E-state index contributed by atoms with van der Waals surface area (Å²) in [5.74, 6) is 1.74. The summed E-state index contributed by atoms with van der Waals surface area (Å²) in [5, 5.41) is 3.49. The summed E-state index contributed by atoms with van der Waals surface area (Å²) in [6, 6.07) is 11.3. The average molecular weight is 384 g/mol. The van der Waals surface area contributed by atoms with Crippen molar-refractivity contribution in [2.45, 2.75) is 19.8 Å². The predicted molar refractivity (Wildman–Crippen MR) is 105 cm³/mol. The number of nitrogens with zero attached hydrogens (tertiary/aromatic N) is 1. The lowest BCUT2D eigenvalue weighted by atomic mass is 10.00. The molecule has 0 bridgehead atoms. The van der Waals surface area contributed by atoms with Crippen molar-refractivity contribution in [3.05, 3.63) is 42.0 Å². The van der Waals surface area contributed by atoms with Gasteiger partial charge in [0.05, 0.1) is 22.7 Å². The van der Waals surface area contributed by atoms with Crippen LogP contribution in [0.25, 0.3) is 10.2 Å². The van der Waals surface area contributed by atoms with E-state index in [9.17, 15) is 4.79 Å². The molecule has 1 aliphatic rings. The van der Waals surface area contributed by atoms with Gasteiger partial charge >= 0.3 is 0 Å². The minimum atomic E-state index is -0.341. The molecule has 0 aliphatic carbocycles. The van der Waals surface area contributed by atoms with Crippen LogP contribution in [0.4, 0.5) is 5.13 Å². The smallest absolute Gasteiger partial charge is 0.233 e. The van der Waals surface area contributed by atoms with Gasteiger partial charge in [-0.3, -0.25) is 4.79 Å². The van der Waals surface area contributed by atoms with Crippen molar-refractivity contribution in [1.29, 1.82) is 0 Å². The molecular formula is C20H20N2O4S. The van der Waals surface area contributed by atoms with Gasteiger partial charge in [0.15, 0.2) is 16.6 Å². The van der Waals surface area contributed by atoms with E-state index in [2.05, 4.69) is 10.3 Å². The quantitative estimate of drug-likeness (QED) is 0.714. The highest BCUT2D eigenvalue weighted by Gasteiger charge is 2.20. The van der Waals surface area contributed by atoms with Crippen molar-refractivity contribution in [3.8, 4) is 17.2 Å². The molecule has 0 fully saturated rings. The minimum absolute atomic E-state index is 0.115. The molecular weight excluding hydrogens is 364 g/mol. The first kappa shape index (κ1) is 17.6. The molecule has 7 heteroatoms. The molecule has 4 rings (SSSR count). The first-order valence-electron chi connectivity index (χ1n) is 8.88. The molecule has 3 aromatic rings. The summed E-state index contributed by atoms with van der Waals surface area (Å²) in [6.45, 7) is 5.49. The van der Waals surface area contributed by atoms with Gasteiger partial charge in [-0.2, -0.15) is 0 Å². The Hall–Kier alpha value is -2.80. The molecule has 1 atom stereocenters. The number of anilines is 1. The van der Waals surface area contributed by atoms with E-state index in [-0.39, 0.29) is 11.8 Å². The van der Waals surface area contributed by atoms with Gasteiger partial charge < -0.3 is 19.5 Å². The average Bonchev–Trinajstić information content (AvgIpc) is 3.08. The highest BCUT2D eigenvalue weighted by Crippen LogP contribution is 2.34. The van der Waals surface area contributed by atoms with Crippen LogP contribution in [0.1, 0.15) is 25.3 Å². The molecule has 1 aromatic heterocycles. The molecule has 0 saturated carbocycles. The Morgan fingerprint density at radius 1 is 1.22 bits per heavy atom. The summed E-state index contributed by atoms with van der Waals surface area (Å²) in [6.07, 6.45) is 0. The zero-order chi connectivity index (χ0) is 18.8. The Bertz CT molecular complexity index is 985. The number of amides is 1. The standard InChI is InChI=1S/C20H20N2O4S/c1-3-24-14-5-6-15-18(11-14)27-20(21-15)22-19(23)12(2)13-4-7-16-17(10-13)26-9-8-25-16/h4-7,10-12H,3,8-9H2,1-2H3,(H,21,22,23). The lowest BCUT2D eigenvalue weighted by Gasteiger charge is -2.20. The Labute approximate surface area is 161 Å². The van der Waals surface area contributed by atoms with E-state index >= 15 is 0 Å². The van der Waals surface area contributed by atoms with Crippen LogP contribution < -0.4 is 19.5 Å². The second-order valence-electron chi connectivity index (χ2n) is 6.20. The van der Waals surface area contributed by atoms with Crippen molar-refractivity contribution < 1.29 is 19.0 Å². The third-order valence-corrected chi connectivity index (χ3v) is 5.29. The van der Waals surface area contributed by atoms with E-state index in [4.69, 9.17) is 14.2 Å². The lowest BCUT2D eigenvalue weighted by Crippen LogP contribution is -2.20. The maximum atomic E-state index is 12.7. The maximum absolute atomic E-state index is 12.7. The minimum Gasteiger partial charge on any atom is -0.494 e. The number of benzene rings is 2. The van der Waals surface area contributed by atoms with E-state index < -0.39 is 0 Å². The summed E-state index contributed by atoms with van der Waals surface area (Å²) < 4.78 is 17.6. The fourth-order valence-corrected chi connectivity index (χ4v) is 3.81. The molecule has 0 saturated heterocycles. The second-order valence-corrected chi connectivity index (χ2v) is 7.23. The van der Waals surface area contributed by atoms with Crippen molar-refractivity contribution in [1.82, 2.24) is 4.98 Å². The number of rotatable bonds is 5. The molecule has 1 aliphatic heterocycles. The number of thiazole rings is 1. The second kappa shape index (κ2) is 7.44. The normalized spacial score (nSPS) is 14.0. The fourth-order valence-electron chi connectivity index (χ4n) is 2.91. The van der Waals surface area contributed by atoms with Gasteiger partial charge in [-0.05, 0) is 49.7 Å². The van der Waals surface area contributed by atoms with Gasteiger partial charge in [0.25, 0.3) is 0 Å². The summed E-state index contributed by atoms with van der Waals surface area (Å²) in [5.41, 5.74) is 1.71. The van der Waals surface area contributed by atoms with E-state index in [1.165, 1.54) is 11.3 Å². The van der Waals surface area contributed by atoms with Crippen LogP contribution in [-0.2, 0) is 4.79 Å². The highest BCUT2D eigenvalue weighted by molar-refractivity contribution is 7.22. The van der Waals surface area contributed by atoms with E-state index in [1.54, 1.807) is 0 Å². The van der Waals surface area contributed by atoms with Crippen LogP contribution >= 0.6 is 11.3 Å². The number of fused-ring (bicyclic) bond motifs is 2. The topological polar surface area (TPSA) is 69.7 Å². The fraction of sp³-hybridized carbons (Fsp3) is 0.300. The Kier molecular flexibility index (Phi) is 4.85. The molecule has 1 amide bonds. The third kappa shape index (κ3) is 3.68. The van der Waals surface area contributed by atoms with Crippen LogP contribution in [0.5, 0.6) is 17.2 Å². The van der Waals surface area contributed by atoms with Crippen LogP contribution in [0.2, 0.25) is 0 Å². The molecule has 2 aromatic carbocycles. The molecule has 0 spiro atoms. The van der Waals surface area contributed by atoms with E-state index in [1.807, 2.05) is 50.2 Å². The van der Waals surface area contributed by atoms with Crippen molar-refractivity contribution in [2.75, 3.05) is 25.1 Å². The van der Waals surface area contributed by atoms with E-state index in [0.717, 1.165) is 21.5 Å². The van der Waals surface area contributed by atoms with Gasteiger partial charge in [-0.15, -0.1) is 0 Å². The van der Waals surface area contributed by atoms with Gasteiger partial charge in [-0.1, -0.05) is 17.4 Å². The van der Waals surface area contributed by atoms with Crippen LogP contribution in [0, 0.1) is 0 Å². The molecule has 1 unspecified atom stereocenters. The molecule has 1 N–H and O–H groups in total. The third-order valence-electron chi connectivity index (χ3n) is 4.36.